The lowest BCUT2D eigenvalue weighted by Crippen LogP contribution is -2.66. The molecule has 12 nitrogen and oxygen atoms in total. The van der Waals surface area contributed by atoms with Crippen molar-refractivity contribution >= 4 is 17.8 Å². The molecule has 160 valence electrons. The van der Waals surface area contributed by atoms with Crippen molar-refractivity contribution in [1.82, 2.24) is 5.32 Å². The van der Waals surface area contributed by atoms with Crippen molar-refractivity contribution in [1.29, 1.82) is 0 Å². The predicted molar refractivity (Wildman–Crippen MR) is 91.2 cm³/mol. The Kier molecular flexibility index (Phi) is 7.69. The fourth-order valence-electron chi connectivity index (χ4n) is 3.19. The smallest absolute Gasteiger partial charge is 0.323 e. The molecule has 12 heteroatoms. The third-order valence-electron chi connectivity index (χ3n) is 4.90. The lowest BCUT2D eigenvalue weighted by molar-refractivity contribution is -0.242. The van der Waals surface area contributed by atoms with Crippen LogP contribution in [0.5, 0.6) is 0 Å². The number of nitrogens with two attached hydrogens (primary N) is 2. The SMILES string of the molecule is NC(=O)CC[C@H](N)C(=O)O[C@H]1[C@@H](O)[C@H](O)[C@@H](O)[C@H](O)[C@H]1OC(=O)[C@@H]1CCCN1. The fraction of sp³-hybridized carbons (Fsp3) is 0.812. The van der Waals surface area contributed by atoms with Crippen LogP contribution in [0.15, 0.2) is 0 Å². The minimum Gasteiger partial charge on any atom is -0.454 e. The maximum atomic E-state index is 12.3. The molecule has 0 aromatic carbocycles. The van der Waals surface area contributed by atoms with Gasteiger partial charge in [0.2, 0.25) is 5.91 Å². The van der Waals surface area contributed by atoms with E-state index in [4.69, 9.17) is 20.9 Å². The van der Waals surface area contributed by atoms with E-state index in [-0.39, 0.29) is 12.8 Å². The summed E-state index contributed by atoms with van der Waals surface area (Å²) in [6, 6.07) is -1.91. The van der Waals surface area contributed by atoms with Crippen LogP contribution in [-0.4, -0.2) is 93.5 Å². The van der Waals surface area contributed by atoms with Crippen LogP contribution in [0.3, 0.4) is 0 Å². The van der Waals surface area contributed by atoms with Crippen molar-refractivity contribution in [3.63, 3.8) is 0 Å². The molecule has 1 heterocycles. The first-order valence-electron chi connectivity index (χ1n) is 9.04. The zero-order chi connectivity index (χ0) is 21.0. The molecule has 0 aromatic rings. The molecule has 0 unspecified atom stereocenters. The first kappa shape index (κ1) is 22.5. The van der Waals surface area contributed by atoms with Gasteiger partial charge in [-0.3, -0.25) is 14.4 Å². The summed E-state index contributed by atoms with van der Waals surface area (Å²) in [5, 5.41) is 43.1. The minimum atomic E-state index is -1.85. The summed E-state index contributed by atoms with van der Waals surface area (Å²) < 4.78 is 10.3. The molecule has 0 spiro atoms. The Balaban J connectivity index is 2.11. The number of carbonyl (C=O) groups excluding carboxylic acids is 3. The maximum absolute atomic E-state index is 12.3. The lowest BCUT2D eigenvalue weighted by atomic mass is 9.84. The number of carbonyl (C=O) groups is 3. The van der Waals surface area contributed by atoms with Crippen LogP contribution < -0.4 is 16.8 Å². The van der Waals surface area contributed by atoms with Crippen LogP contribution >= 0.6 is 0 Å². The Morgan fingerprint density at radius 2 is 1.57 bits per heavy atom. The lowest BCUT2D eigenvalue weighted by Gasteiger charge is -2.43. The first-order chi connectivity index (χ1) is 13.1. The van der Waals surface area contributed by atoms with Crippen LogP contribution in [0.1, 0.15) is 25.7 Å². The molecule has 1 saturated carbocycles. The van der Waals surface area contributed by atoms with E-state index in [0.717, 1.165) is 6.42 Å². The van der Waals surface area contributed by atoms with E-state index in [2.05, 4.69) is 5.32 Å². The predicted octanol–water partition coefficient (Wildman–Crippen LogP) is -4.39. The van der Waals surface area contributed by atoms with Crippen molar-refractivity contribution in [3.8, 4) is 0 Å². The average molecular weight is 405 g/mol. The van der Waals surface area contributed by atoms with Crippen LogP contribution in [-0.2, 0) is 23.9 Å². The third-order valence-corrected chi connectivity index (χ3v) is 4.90. The summed E-state index contributed by atoms with van der Waals surface area (Å²) >= 11 is 0. The summed E-state index contributed by atoms with van der Waals surface area (Å²) in [5.41, 5.74) is 10.6. The van der Waals surface area contributed by atoms with Crippen LogP contribution in [0.4, 0.5) is 0 Å². The van der Waals surface area contributed by atoms with E-state index in [1.165, 1.54) is 0 Å². The van der Waals surface area contributed by atoms with Crippen LogP contribution in [0, 0.1) is 0 Å². The highest BCUT2D eigenvalue weighted by atomic mass is 16.6. The number of hydrogen-bond acceptors (Lipinski definition) is 11. The van der Waals surface area contributed by atoms with Gasteiger partial charge in [-0.25, -0.2) is 0 Å². The van der Waals surface area contributed by atoms with Crippen molar-refractivity contribution in [2.24, 2.45) is 11.5 Å². The number of esters is 2. The minimum absolute atomic E-state index is 0.124. The second kappa shape index (κ2) is 9.58. The largest absolute Gasteiger partial charge is 0.454 e. The summed E-state index contributed by atoms with van der Waals surface area (Å²) in [6.45, 7) is 0.601. The Labute approximate surface area is 160 Å². The highest BCUT2D eigenvalue weighted by molar-refractivity contribution is 5.78. The molecule has 2 fully saturated rings. The molecule has 1 aliphatic heterocycles. The van der Waals surface area contributed by atoms with Gasteiger partial charge in [0.25, 0.3) is 0 Å². The number of primary amides is 1. The van der Waals surface area contributed by atoms with Gasteiger partial charge in [0.15, 0.2) is 12.2 Å². The molecule has 2 rings (SSSR count). The van der Waals surface area contributed by atoms with Gasteiger partial charge in [-0.05, 0) is 25.8 Å². The number of hydrogen-bond donors (Lipinski definition) is 7. The van der Waals surface area contributed by atoms with E-state index in [1.807, 2.05) is 0 Å². The number of aliphatic hydroxyl groups is 4. The molecule has 8 atom stereocenters. The monoisotopic (exact) mass is 405 g/mol. The molecule has 0 bridgehead atoms. The van der Waals surface area contributed by atoms with E-state index < -0.39 is 66.6 Å². The molecular formula is C16H27N3O9. The van der Waals surface area contributed by atoms with E-state index in [9.17, 15) is 34.8 Å². The van der Waals surface area contributed by atoms with Crippen molar-refractivity contribution in [2.45, 2.75) is 74.4 Å². The highest BCUT2D eigenvalue weighted by Gasteiger charge is 2.53. The molecule has 9 N–H and O–H groups in total. The van der Waals surface area contributed by atoms with Gasteiger partial charge in [-0.15, -0.1) is 0 Å². The Hall–Kier alpha value is -1.83. The molecule has 0 radical (unpaired) electrons. The zero-order valence-corrected chi connectivity index (χ0v) is 15.1. The normalized spacial score (nSPS) is 36.5. The van der Waals surface area contributed by atoms with Crippen molar-refractivity contribution in [3.05, 3.63) is 0 Å². The molecule has 1 amide bonds. The quantitative estimate of drug-likeness (QED) is 0.201. The van der Waals surface area contributed by atoms with Crippen LogP contribution in [0.25, 0.3) is 0 Å². The van der Waals surface area contributed by atoms with Gasteiger partial charge >= 0.3 is 11.9 Å². The number of amides is 1. The summed E-state index contributed by atoms with van der Waals surface area (Å²) in [4.78, 5) is 35.2. The Morgan fingerprint density at radius 1 is 1.00 bits per heavy atom. The highest BCUT2D eigenvalue weighted by Crippen LogP contribution is 2.27. The second-order valence-corrected chi connectivity index (χ2v) is 7.03. The standard InChI is InChI=1S/C16H27N3O9/c17-6(3-4-8(18)20)15(25)27-13-11(23)9(21)10(22)12(24)14(13)28-16(26)7-2-1-5-19-7/h6-7,9-14,19,21-24H,1-5,17H2,(H2,18,20)/t6-,7-,9+,10+,11-,12-,13-,14+/m0/s1. The van der Waals surface area contributed by atoms with Gasteiger partial charge < -0.3 is 46.7 Å². The first-order valence-corrected chi connectivity index (χ1v) is 9.04. The maximum Gasteiger partial charge on any atom is 0.323 e. The van der Waals surface area contributed by atoms with Gasteiger partial charge in [-0.2, -0.15) is 0 Å². The molecule has 1 saturated heterocycles. The molecular weight excluding hydrogens is 378 g/mol. The Morgan fingerprint density at radius 3 is 2.07 bits per heavy atom. The van der Waals surface area contributed by atoms with E-state index in [0.29, 0.717) is 13.0 Å². The number of ether oxygens (including phenoxy) is 2. The number of nitrogens with one attached hydrogen (secondary N) is 1. The van der Waals surface area contributed by atoms with Crippen LogP contribution in [0.2, 0.25) is 0 Å². The van der Waals surface area contributed by atoms with Gasteiger partial charge in [-0.1, -0.05) is 0 Å². The van der Waals surface area contributed by atoms with Crippen molar-refractivity contribution < 1.29 is 44.3 Å². The molecule has 2 aliphatic rings. The number of aliphatic hydroxyl groups excluding tert-OH is 4. The summed E-state index contributed by atoms with van der Waals surface area (Å²) in [6.07, 6.45) is -9.72. The number of rotatable bonds is 7. The zero-order valence-electron chi connectivity index (χ0n) is 15.1. The second-order valence-electron chi connectivity index (χ2n) is 7.03. The molecule has 0 aromatic heterocycles. The summed E-state index contributed by atoms with van der Waals surface area (Å²) in [7, 11) is 0. The summed E-state index contributed by atoms with van der Waals surface area (Å²) in [5.74, 6) is -2.48. The van der Waals surface area contributed by atoms with Gasteiger partial charge in [0.1, 0.15) is 36.5 Å². The molecule has 1 aliphatic carbocycles. The molecule has 28 heavy (non-hydrogen) atoms. The topological polar surface area (TPSA) is 215 Å². The Bertz CT molecular complexity index is 584. The average Bonchev–Trinajstić information content (AvgIpc) is 3.19. The van der Waals surface area contributed by atoms with Gasteiger partial charge in [0, 0.05) is 6.42 Å². The van der Waals surface area contributed by atoms with E-state index in [1.54, 1.807) is 0 Å². The fourth-order valence-corrected chi connectivity index (χ4v) is 3.19. The third kappa shape index (κ3) is 5.16. The van der Waals surface area contributed by atoms with Gasteiger partial charge in [0.05, 0.1) is 0 Å². The van der Waals surface area contributed by atoms with Crippen molar-refractivity contribution in [2.75, 3.05) is 6.54 Å². The van der Waals surface area contributed by atoms with E-state index >= 15 is 0 Å².